The summed E-state index contributed by atoms with van der Waals surface area (Å²) in [6, 6.07) is 0.593. The summed E-state index contributed by atoms with van der Waals surface area (Å²) in [6.07, 6.45) is 3.68. The first kappa shape index (κ1) is 10.3. The van der Waals surface area contributed by atoms with Crippen LogP contribution in [0.3, 0.4) is 0 Å². The zero-order valence-corrected chi connectivity index (χ0v) is 9.48. The van der Waals surface area contributed by atoms with E-state index in [1.165, 1.54) is 19.3 Å². The zero-order valence-electron chi connectivity index (χ0n) is 8.66. The monoisotopic (exact) mass is 214 g/mol. The van der Waals surface area contributed by atoms with E-state index < -0.39 is 0 Å². The van der Waals surface area contributed by atoms with Crippen LogP contribution in [0.15, 0.2) is 0 Å². The molecule has 2 fully saturated rings. The molecular formula is C10H18N2OS. The van der Waals surface area contributed by atoms with Gasteiger partial charge in [-0.05, 0) is 19.3 Å². The van der Waals surface area contributed by atoms with Crippen molar-refractivity contribution < 1.29 is 4.79 Å². The van der Waals surface area contributed by atoms with Crippen LogP contribution in [0.5, 0.6) is 0 Å². The first-order valence-corrected chi connectivity index (χ1v) is 6.52. The van der Waals surface area contributed by atoms with Crippen LogP contribution in [0.25, 0.3) is 0 Å². The van der Waals surface area contributed by atoms with Crippen molar-refractivity contribution >= 4 is 17.7 Å². The SMILES string of the molecule is CN(C(=O)C1CSCCN1)C1CCC1. The molecular weight excluding hydrogens is 196 g/mol. The molecule has 80 valence electrons. The van der Waals surface area contributed by atoms with E-state index in [-0.39, 0.29) is 6.04 Å². The summed E-state index contributed by atoms with van der Waals surface area (Å²) < 4.78 is 0. The molecule has 4 heteroatoms. The first-order valence-electron chi connectivity index (χ1n) is 5.37. The van der Waals surface area contributed by atoms with Crippen LogP contribution in [0, 0.1) is 0 Å². The van der Waals surface area contributed by atoms with E-state index in [0.717, 1.165) is 18.1 Å². The Morgan fingerprint density at radius 1 is 1.50 bits per heavy atom. The van der Waals surface area contributed by atoms with Crippen LogP contribution in [0.2, 0.25) is 0 Å². The molecule has 1 aliphatic carbocycles. The van der Waals surface area contributed by atoms with Gasteiger partial charge in [0.1, 0.15) is 0 Å². The molecule has 0 radical (unpaired) electrons. The van der Waals surface area contributed by atoms with Gasteiger partial charge in [-0.2, -0.15) is 11.8 Å². The largest absolute Gasteiger partial charge is 0.341 e. The molecule has 1 unspecified atom stereocenters. The van der Waals surface area contributed by atoms with E-state index in [0.29, 0.717) is 11.9 Å². The van der Waals surface area contributed by atoms with Gasteiger partial charge in [-0.25, -0.2) is 0 Å². The Balaban J connectivity index is 1.85. The molecule has 2 aliphatic rings. The van der Waals surface area contributed by atoms with Crippen molar-refractivity contribution in [3.63, 3.8) is 0 Å². The summed E-state index contributed by atoms with van der Waals surface area (Å²) in [5, 5.41) is 3.29. The van der Waals surface area contributed by atoms with Crippen LogP contribution in [0.1, 0.15) is 19.3 Å². The number of thioether (sulfide) groups is 1. The van der Waals surface area contributed by atoms with Gasteiger partial charge in [0.05, 0.1) is 6.04 Å². The topological polar surface area (TPSA) is 32.3 Å². The van der Waals surface area contributed by atoms with Gasteiger partial charge in [0.15, 0.2) is 0 Å². The number of hydrogen-bond acceptors (Lipinski definition) is 3. The van der Waals surface area contributed by atoms with Crippen LogP contribution in [-0.4, -0.2) is 48.0 Å². The van der Waals surface area contributed by atoms with E-state index in [1.807, 2.05) is 23.7 Å². The molecule has 1 aliphatic heterocycles. The first-order chi connectivity index (χ1) is 6.79. The summed E-state index contributed by atoms with van der Waals surface area (Å²) in [7, 11) is 1.95. The maximum absolute atomic E-state index is 12.0. The second-order valence-corrected chi connectivity index (χ2v) is 5.27. The summed E-state index contributed by atoms with van der Waals surface area (Å²) >= 11 is 1.88. The molecule has 2 rings (SSSR count). The summed E-state index contributed by atoms with van der Waals surface area (Å²) in [5.41, 5.74) is 0. The third kappa shape index (κ3) is 2.06. The highest BCUT2D eigenvalue weighted by Gasteiger charge is 2.30. The number of carbonyl (C=O) groups excluding carboxylic acids is 1. The maximum atomic E-state index is 12.0. The molecule has 0 bridgehead atoms. The van der Waals surface area contributed by atoms with Gasteiger partial charge in [0.25, 0.3) is 0 Å². The third-order valence-electron chi connectivity index (χ3n) is 3.19. The van der Waals surface area contributed by atoms with Crippen molar-refractivity contribution in [2.24, 2.45) is 0 Å². The molecule has 1 saturated carbocycles. The molecule has 1 atom stereocenters. The van der Waals surface area contributed by atoms with E-state index in [4.69, 9.17) is 0 Å². The van der Waals surface area contributed by atoms with Crippen molar-refractivity contribution in [3.05, 3.63) is 0 Å². The molecule has 1 heterocycles. The molecule has 0 spiro atoms. The Morgan fingerprint density at radius 3 is 2.79 bits per heavy atom. The third-order valence-corrected chi connectivity index (χ3v) is 4.25. The molecule has 14 heavy (non-hydrogen) atoms. The number of likely N-dealkylation sites (N-methyl/N-ethyl adjacent to an activating group) is 1. The highest BCUT2D eigenvalue weighted by atomic mass is 32.2. The number of nitrogens with one attached hydrogen (secondary N) is 1. The second-order valence-electron chi connectivity index (χ2n) is 4.12. The van der Waals surface area contributed by atoms with Crippen molar-refractivity contribution in [1.82, 2.24) is 10.2 Å². The minimum Gasteiger partial charge on any atom is -0.341 e. The fraction of sp³-hybridized carbons (Fsp3) is 0.900. The van der Waals surface area contributed by atoms with Crippen molar-refractivity contribution in [2.75, 3.05) is 25.1 Å². The minimum absolute atomic E-state index is 0.0688. The average Bonchev–Trinajstić information content (AvgIpc) is 2.15. The Hall–Kier alpha value is -0.220. The molecule has 0 aromatic carbocycles. The maximum Gasteiger partial charge on any atom is 0.240 e. The number of carbonyl (C=O) groups is 1. The van der Waals surface area contributed by atoms with Gasteiger partial charge >= 0.3 is 0 Å². The average molecular weight is 214 g/mol. The van der Waals surface area contributed by atoms with Crippen LogP contribution in [-0.2, 0) is 4.79 Å². The predicted molar refractivity (Wildman–Crippen MR) is 59.5 cm³/mol. The normalized spacial score (nSPS) is 28.2. The minimum atomic E-state index is 0.0688. The fourth-order valence-corrected chi connectivity index (χ4v) is 2.85. The molecule has 3 nitrogen and oxygen atoms in total. The number of hydrogen-bond donors (Lipinski definition) is 1. The summed E-state index contributed by atoms with van der Waals surface area (Å²) in [4.78, 5) is 13.9. The number of rotatable bonds is 2. The second kappa shape index (κ2) is 4.53. The lowest BCUT2D eigenvalue weighted by Gasteiger charge is -2.37. The molecule has 0 aromatic rings. The lowest BCUT2D eigenvalue weighted by molar-refractivity contribution is -0.135. The Labute approximate surface area is 89.6 Å². The van der Waals surface area contributed by atoms with Gasteiger partial charge in [0.2, 0.25) is 5.91 Å². The van der Waals surface area contributed by atoms with Crippen LogP contribution in [0.4, 0.5) is 0 Å². The lowest BCUT2D eigenvalue weighted by atomic mass is 9.91. The van der Waals surface area contributed by atoms with Gasteiger partial charge in [-0.3, -0.25) is 4.79 Å². The van der Waals surface area contributed by atoms with Gasteiger partial charge in [0, 0.05) is 31.1 Å². The van der Waals surface area contributed by atoms with Crippen molar-refractivity contribution in [1.29, 1.82) is 0 Å². The molecule has 1 saturated heterocycles. The van der Waals surface area contributed by atoms with E-state index in [9.17, 15) is 4.79 Å². The zero-order chi connectivity index (χ0) is 9.97. The van der Waals surface area contributed by atoms with E-state index >= 15 is 0 Å². The fourth-order valence-electron chi connectivity index (χ4n) is 1.92. The Kier molecular flexibility index (Phi) is 3.34. The van der Waals surface area contributed by atoms with Crippen molar-refractivity contribution in [2.45, 2.75) is 31.3 Å². The predicted octanol–water partition coefficient (Wildman–Crippen LogP) is 0.702. The smallest absolute Gasteiger partial charge is 0.240 e. The molecule has 0 aromatic heterocycles. The van der Waals surface area contributed by atoms with Crippen molar-refractivity contribution in [3.8, 4) is 0 Å². The highest BCUT2D eigenvalue weighted by Crippen LogP contribution is 2.24. The molecule has 1 N–H and O–H groups in total. The van der Waals surface area contributed by atoms with Gasteiger partial charge in [-0.15, -0.1) is 0 Å². The quantitative estimate of drug-likeness (QED) is 0.734. The summed E-state index contributed by atoms with van der Waals surface area (Å²) in [5.74, 6) is 2.37. The summed E-state index contributed by atoms with van der Waals surface area (Å²) in [6.45, 7) is 0.972. The molecule has 1 amide bonds. The Bertz CT molecular complexity index is 208. The highest BCUT2D eigenvalue weighted by molar-refractivity contribution is 7.99. The van der Waals surface area contributed by atoms with E-state index in [2.05, 4.69) is 5.32 Å². The number of amides is 1. The standard InChI is InChI=1S/C10H18N2OS/c1-12(8-3-2-4-8)10(13)9-7-14-6-5-11-9/h8-9,11H,2-7H2,1H3. The number of nitrogens with zero attached hydrogens (tertiary/aromatic N) is 1. The van der Waals surface area contributed by atoms with Crippen LogP contribution >= 0.6 is 11.8 Å². The van der Waals surface area contributed by atoms with E-state index in [1.54, 1.807) is 0 Å². The lowest BCUT2D eigenvalue weighted by Crippen LogP contribution is -2.53. The van der Waals surface area contributed by atoms with Gasteiger partial charge < -0.3 is 10.2 Å². The van der Waals surface area contributed by atoms with Crippen LogP contribution < -0.4 is 5.32 Å². The Morgan fingerprint density at radius 2 is 2.29 bits per heavy atom. The van der Waals surface area contributed by atoms with Gasteiger partial charge in [-0.1, -0.05) is 0 Å².